The van der Waals surface area contributed by atoms with Crippen LogP contribution in [-0.2, 0) is 11.3 Å². The maximum absolute atomic E-state index is 12.1. The minimum Gasteiger partial charge on any atom is -0.370 e. The van der Waals surface area contributed by atoms with E-state index in [0.717, 1.165) is 15.5 Å². The lowest BCUT2D eigenvalue weighted by atomic mass is 10.3. The van der Waals surface area contributed by atoms with E-state index in [1.807, 2.05) is 18.2 Å². The molecule has 0 aliphatic carbocycles. The Balaban J connectivity index is 2.20. The van der Waals surface area contributed by atoms with E-state index in [4.69, 9.17) is 11.6 Å². The van der Waals surface area contributed by atoms with Gasteiger partial charge in [0, 0.05) is 11.0 Å². The number of imidazole rings is 1. The topological polar surface area (TPSA) is 27.1 Å². The van der Waals surface area contributed by atoms with Crippen LogP contribution in [0.25, 0.3) is 11.0 Å². The Labute approximate surface area is 133 Å². The molecule has 0 saturated carbocycles. The lowest BCUT2D eigenvalue weighted by Crippen LogP contribution is -2.19. The van der Waals surface area contributed by atoms with Crippen LogP contribution >= 0.6 is 27.5 Å². The molecule has 1 unspecified atom stereocenters. The van der Waals surface area contributed by atoms with E-state index in [1.165, 1.54) is 0 Å². The van der Waals surface area contributed by atoms with E-state index in [2.05, 4.69) is 25.7 Å². The van der Waals surface area contributed by atoms with Gasteiger partial charge >= 0.3 is 6.18 Å². The molecule has 0 bridgehead atoms. The van der Waals surface area contributed by atoms with E-state index >= 15 is 0 Å². The summed E-state index contributed by atoms with van der Waals surface area (Å²) in [6, 6.07) is 5.53. The van der Waals surface area contributed by atoms with Gasteiger partial charge in [0.15, 0.2) is 0 Å². The van der Waals surface area contributed by atoms with Gasteiger partial charge in [-0.05, 0) is 25.1 Å². The Morgan fingerprint density at radius 2 is 2.14 bits per heavy atom. The van der Waals surface area contributed by atoms with Gasteiger partial charge in [-0.3, -0.25) is 0 Å². The summed E-state index contributed by atoms with van der Waals surface area (Å²) in [5.41, 5.74) is 1.55. The Morgan fingerprint density at radius 1 is 1.43 bits per heavy atom. The van der Waals surface area contributed by atoms with E-state index < -0.39 is 12.8 Å². The van der Waals surface area contributed by atoms with Gasteiger partial charge < -0.3 is 9.30 Å². The molecule has 0 amide bonds. The fourth-order valence-electron chi connectivity index (χ4n) is 2.00. The number of nitrogens with zero attached hydrogens (tertiary/aromatic N) is 2. The number of halogens is 5. The zero-order valence-electron chi connectivity index (χ0n) is 11.1. The molecule has 0 aliphatic heterocycles. The van der Waals surface area contributed by atoms with Crippen molar-refractivity contribution in [2.45, 2.75) is 25.0 Å². The Bertz CT molecular complexity index is 628. The van der Waals surface area contributed by atoms with Gasteiger partial charge in [-0.2, -0.15) is 13.2 Å². The second-order valence-electron chi connectivity index (χ2n) is 4.54. The van der Waals surface area contributed by atoms with Crippen LogP contribution < -0.4 is 0 Å². The maximum atomic E-state index is 12.1. The molecule has 0 radical (unpaired) electrons. The fourth-order valence-corrected chi connectivity index (χ4v) is 2.51. The monoisotopic (exact) mass is 384 g/mol. The van der Waals surface area contributed by atoms with Gasteiger partial charge in [0.25, 0.3) is 0 Å². The van der Waals surface area contributed by atoms with Gasteiger partial charge in [-0.25, -0.2) is 4.98 Å². The Hall–Kier alpha value is -0.790. The van der Waals surface area contributed by atoms with Gasteiger partial charge in [0.1, 0.15) is 12.4 Å². The first-order valence-electron chi connectivity index (χ1n) is 6.22. The molecule has 0 saturated heterocycles. The summed E-state index contributed by atoms with van der Waals surface area (Å²) < 4.78 is 43.5. The van der Waals surface area contributed by atoms with Crippen molar-refractivity contribution >= 4 is 38.6 Å². The van der Waals surface area contributed by atoms with Crippen molar-refractivity contribution in [3.63, 3.8) is 0 Å². The summed E-state index contributed by atoms with van der Waals surface area (Å²) in [5, 5.41) is -0.348. The summed E-state index contributed by atoms with van der Waals surface area (Å²) in [6.45, 7) is 0.712. The normalized spacial score (nSPS) is 13.8. The van der Waals surface area contributed by atoms with E-state index in [1.54, 1.807) is 11.5 Å². The molecule has 2 aromatic rings. The summed E-state index contributed by atoms with van der Waals surface area (Å²) in [4.78, 5) is 4.41. The Morgan fingerprint density at radius 3 is 2.76 bits per heavy atom. The smallest absolute Gasteiger partial charge is 0.370 e. The maximum Gasteiger partial charge on any atom is 0.411 e. The molecular weight excluding hydrogens is 373 g/mol. The highest BCUT2D eigenvalue weighted by atomic mass is 79.9. The molecule has 1 atom stereocenters. The van der Waals surface area contributed by atoms with Gasteiger partial charge in [0.2, 0.25) is 0 Å². The average Bonchev–Trinajstić information content (AvgIpc) is 2.72. The van der Waals surface area contributed by atoms with E-state index in [-0.39, 0.29) is 18.5 Å². The number of fused-ring (bicyclic) bond motifs is 1. The zero-order valence-corrected chi connectivity index (χ0v) is 13.5. The molecule has 21 heavy (non-hydrogen) atoms. The van der Waals surface area contributed by atoms with Crippen LogP contribution in [0.5, 0.6) is 0 Å². The number of hydrogen-bond acceptors (Lipinski definition) is 2. The van der Waals surface area contributed by atoms with Crippen molar-refractivity contribution in [1.29, 1.82) is 0 Å². The SMILES string of the molecule is CC(Cl)c1nc2ccc(Br)cc2n1CCOCC(F)(F)F. The minimum atomic E-state index is -4.32. The molecule has 0 aliphatic rings. The molecule has 0 spiro atoms. The van der Waals surface area contributed by atoms with Crippen molar-refractivity contribution in [2.75, 3.05) is 13.2 Å². The summed E-state index contributed by atoms with van der Waals surface area (Å²) in [5.74, 6) is 0.611. The number of hydrogen-bond donors (Lipinski definition) is 0. The van der Waals surface area contributed by atoms with Crippen molar-refractivity contribution in [3.8, 4) is 0 Å². The van der Waals surface area contributed by atoms with Gasteiger partial charge in [-0.1, -0.05) is 15.9 Å². The molecule has 1 aromatic heterocycles. The number of rotatable bonds is 5. The molecule has 1 heterocycles. The predicted octanol–water partition coefficient (Wildman–Crippen LogP) is 4.68. The molecular formula is C13H13BrClF3N2O. The summed E-state index contributed by atoms with van der Waals surface area (Å²) in [6.07, 6.45) is -4.32. The van der Waals surface area contributed by atoms with E-state index in [0.29, 0.717) is 5.82 Å². The second kappa shape index (κ2) is 6.54. The van der Waals surface area contributed by atoms with Crippen LogP contribution in [0.1, 0.15) is 18.1 Å². The lowest BCUT2D eigenvalue weighted by Gasteiger charge is -2.12. The minimum absolute atomic E-state index is 0.0614. The lowest BCUT2D eigenvalue weighted by molar-refractivity contribution is -0.174. The average molecular weight is 386 g/mol. The molecule has 2 rings (SSSR count). The third-order valence-electron chi connectivity index (χ3n) is 2.82. The van der Waals surface area contributed by atoms with Gasteiger partial charge in [-0.15, -0.1) is 11.6 Å². The van der Waals surface area contributed by atoms with Gasteiger partial charge in [0.05, 0.1) is 23.0 Å². The van der Waals surface area contributed by atoms with Crippen molar-refractivity contribution in [2.24, 2.45) is 0 Å². The molecule has 1 aromatic carbocycles. The first-order chi connectivity index (χ1) is 9.78. The molecule has 0 fully saturated rings. The largest absolute Gasteiger partial charge is 0.411 e. The van der Waals surface area contributed by atoms with Crippen LogP contribution in [0, 0.1) is 0 Å². The van der Waals surface area contributed by atoms with Crippen LogP contribution in [0.15, 0.2) is 22.7 Å². The van der Waals surface area contributed by atoms with Crippen molar-refractivity contribution in [3.05, 3.63) is 28.5 Å². The highest BCUT2D eigenvalue weighted by Gasteiger charge is 2.27. The highest BCUT2D eigenvalue weighted by Crippen LogP contribution is 2.26. The van der Waals surface area contributed by atoms with Crippen molar-refractivity contribution in [1.82, 2.24) is 9.55 Å². The quantitative estimate of drug-likeness (QED) is 0.552. The Kier molecular flexibility index (Phi) is 5.16. The third kappa shape index (κ3) is 4.34. The number of benzene rings is 1. The van der Waals surface area contributed by atoms with E-state index in [9.17, 15) is 13.2 Å². The highest BCUT2D eigenvalue weighted by molar-refractivity contribution is 9.10. The molecule has 0 N–H and O–H groups in total. The summed E-state index contributed by atoms with van der Waals surface area (Å²) in [7, 11) is 0. The third-order valence-corrected chi connectivity index (χ3v) is 3.51. The summed E-state index contributed by atoms with van der Waals surface area (Å²) >= 11 is 9.46. The fraction of sp³-hybridized carbons (Fsp3) is 0.462. The number of ether oxygens (including phenoxy) is 1. The van der Waals surface area contributed by atoms with Crippen molar-refractivity contribution < 1.29 is 17.9 Å². The van der Waals surface area contributed by atoms with Crippen LogP contribution in [0.3, 0.4) is 0 Å². The van der Waals surface area contributed by atoms with Crippen LogP contribution in [0.4, 0.5) is 13.2 Å². The molecule has 3 nitrogen and oxygen atoms in total. The number of aromatic nitrogens is 2. The second-order valence-corrected chi connectivity index (χ2v) is 6.11. The predicted molar refractivity (Wildman–Crippen MR) is 78.6 cm³/mol. The zero-order chi connectivity index (χ0) is 15.6. The number of alkyl halides is 4. The standard InChI is InChI=1S/C13H13BrClF3N2O/c1-8(15)12-19-10-3-2-9(14)6-11(10)20(12)4-5-21-7-13(16,17)18/h2-3,6,8H,4-5,7H2,1H3. The van der Waals surface area contributed by atoms with Crippen LogP contribution in [-0.4, -0.2) is 28.9 Å². The van der Waals surface area contributed by atoms with Crippen LogP contribution in [0.2, 0.25) is 0 Å². The first kappa shape index (κ1) is 16.6. The first-order valence-corrected chi connectivity index (χ1v) is 7.45. The molecule has 8 heteroatoms. The molecule has 116 valence electrons.